The van der Waals surface area contributed by atoms with Crippen molar-refractivity contribution in [1.29, 1.82) is 0 Å². The molecular weight excluding hydrogens is 370 g/mol. The molecule has 1 saturated heterocycles. The number of piperazine rings is 1. The fourth-order valence-electron chi connectivity index (χ4n) is 2.95. The number of ketones is 1. The molecule has 1 fully saturated rings. The molecule has 3 rings (SSSR count). The summed E-state index contributed by atoms with van der Waals surface area (Å²) < 4.78 is 26.8. The molecule has 1 aliphatic rings. The summed E-state index contributed by atoms with van der Waals surface area (Å²) in [5.41, 5.74) is 0.368. The van der Waals surface area contributed by atoms with Crippen LogP contribution in [0, 0.1) is 10.1 Å². The van der Waals surface area contributed by atoms with Crippen LogP contribution in [0.15, 0.2) is 59.5 Å². The molecule has 27 heavy (non-hydrogen) atoms. The number of sulfonamides is 1. The van der Waals surface area contributed by atoms with Crippen molar-refractivity contribution >= 4 is 21.5 Å². The fourth-order valence-corrected chi connectivity index (χ4v) is 4.42. The smallest absolute Gasteiger partial charge is 0.270 e. The van der Waals surface area contributed by atoms with Gasteiger partial charge in [0.2, 0.25) is 10.0 Å². The van der Waals surface area contributed by atoms with E-state index in [1.165, 1.54) is 22.5 Å². The van der Waals surface area contributed by atoms with E-state index in [1.807, 2.05) is 11.0 Å². The second kappa shape index (κ2) is 7.95. The third-order valence-electron chi connectivity index (χ3n) is 4.46. The Morgan fingerprint density at radius 2 is 1.67 bits per heavy atom. The zero-order chi connectivity index (χ0) is 19.4. The van der Waals surface area contributed by atoms with Gasteiger partial charge in [-0.25, -0.2) is 8.42 Å². The first kappa shape index (κ1) is 19.2. The van der Waals surface area contributed by atoms with Gasteiger partial charge in [0.1, 0.15) is 0 Å². The summed E-state index contributed by atoms with van der Waals surface area (Å²) in [5, 5.41) is 10.9. The first-order valence-corrected chi connectivity index (χ1v) is 9.87. The Labute approximate surface area is 157 Å². The molecule has 0 unspecified atom stereocenters. The van der Waals surface area contributed by atoms with Crippen molar-refractivity contribution in [3.8, 4) is 0 Å². The largest absolute Gasteiger partial charge is 0.293 e. The lowest BCUT2D eigenvalue weighted by molar-refractivity contribution is -0.385. The lowest BCUT2D eigenvalue weighted by Gasteiger charge is -2.33. The number of carbonyl (C=O) groups excluding carboxylic acids is 1. The van der Waals surface area contributed by atoms with Gasteiger partial charge in [-0.1, -0.05) is 36.4 Å². The molecule has 0 saturated carbocycles. The van der Waals surface area contributed by atoms with E-state index >= 15 is 0 Å². The van der Waals surface area contributed by atoms with Gasteiger partial charge in [0.25, 0.3) is 5.69 Å². The van der Waals surface area contributed by atoms with Gasteiger partial charge >= 0.3 is 0 Å². The Kier molecular flexibility index (Phi) is 5.64. The number of rotatable bonds is 6. The second-order valence-corrected chi connectivity index (χ2v) is 8.16. The van der Waals surface area contributed by atoms with E-state index in [9.17, 15) is 23.3 Å². The van der Waals surface area contributed by atoms with Gasteiger partial charge < -0.3 is 0 Å². The number of carbonyl (C=O) groups is 1. The van der Waals surface area contributed by atoms with Gasteiger partial charge in [0.15, 0.2) is 5.78 Å². The summed E-state index contributed by atoms with van der Waals surface area (Å²) in [6, 6.07) is 14.0. The number of benzene rings is 2. The van der Waals surface area contributed by atoms with Crippen molar-refractivity contribution in [3.63, 3.8) is 0 Å². The topological polar surface area (TPSA) is 101 Å². The van der Waals surface area contributed by atoms with E-state index in [0.29, 0.717) is 18.7 Å². The molecule has 8 nitrogen and oxygen atoms in total. The van der Waals surface area contributed by atoms with E-state index in [1.54, 1.807) is 24.3 Å². The molecular formula is C18H19N3O5S. The van der Waals surface area contributed by atoms with Gasteiger partial charge in [-0.15, -0.1) is 0 Å². The molecule has 0 spiro atoms. The van der Waals surface area contributed by atoms with E-state index in [4.69, 9.17) is 0 Å². The Bertz CT molecular complexity index is 938. The summed E-state index contributed by atoms with van der Waals surface area (Å²) in [6.07, 6.45) is 0. The SMILES string of the molecule is O=C(CN1CCN(S(=O)(=O)c2cccc([N+](=O)[O-])c2)CC1)c1ccccc1. The van der Waals surface area contributed by atoms with Gasteiger partial charge in [-0.2, -0.15) is 4.31 Å². The van der Waals surface area contributed by atoms with Gasteiger partial charge in [0, 0.05) is 43.9 Å². The highest BCUT2D eigenvalue weighted by Gasteiger charge is 2.30. The molecule has 0 bridgehead atoms. The van der Waals surface area contributed by atoms with Crippen molar-refractivity contribution < 1.29 is 18.1 Å². The maximum Gasteiger partial charge on any atom is 0.270 e. The molecule has 142 valence electrons. The van der Waals surface area contributed by atoms with Gasteiger partial charge in [-0.05, 0) is 6.07 Å². The summed E-state index contributed by atoms with van der Waals surface area (Å²) in [7, 11) is -3.80. The van der Waals surface area contributed by atoms with E-state index < -0.39 is 14.9 Å². The molecule has 1 aliphatic heterocycles. The zero-order valence-electron chi connectivity index (χ0n) is 14.5. The maximum atomic E-state index is 12.7. The number of non-ortho nitro benzene ring substituents is 1. The lowest BCUT2D eigenvalue weighted by atomic mass is 10.1. The zero-order valence-corrected chi connectivity index (χ0v) is 15.3. The van der Waals surface area contributed by atoms with Crippen LogP contribution in [-0.4, -0.2) is 61.1 Å². The number of nitrogens with zero attached hydrogens (tertiary/aromatic N) is 3. The average molecular weight is 389 g/mol. The molecule has 2 aromatic carbocycles. The molecule has 0 atom stereocenters. The van der Waals surface area contributed by atoms with Crippen molar-refractivity contribution in [2.24, 2.45) is 0 Å². The highest BCUT2D eigenvalue weighted by molar-refractivity contribution is 7.89. The molecule has 0 radical (unpaired) electrons. The number of Topliss-reactive ketones (excluding diaryl/α,β-unsaturated/α-hetero) is 1. The average Bonchev–Trinajstić information content (AvgIpc) is 2.69. The Morgan fingerprint density at radius 1 is 1.00 bits per heavy atom. The van der Waals surface area contributed by atoms with E-state index in [2.05, 4.69) is 0 Å². The first-order valence-electron chi connectivity index (χ1n) is 8.43. The number of hydrogen-bond acceptors (Lipinski definition) is 6. The summed E-state index contributed by atoms with van der Waals surface area (Å²) in [6.45, 7) is 1.54. The minimum absolute atomic E-state index is 0.00871. The fraction of sp³-hybridized carbons (Fsp3) is 0.278. The van der Waals surface area contributed by atoms with Crippen molar-refractivity contribution in [2.75, 3.05) is 32.7 Å². The molecule has 0 N–H and O–H groups in total. The number of nitro groups is 1. The normalized spacial score (nSPS) is 16.1. The Balaban J connectivity index is 1.64. The van der Waals surface area contributed by atoms with Crippen LogP contribution in [0.3, 0.4) is 0 Å². The summed E-state index contributed by atoms with van der Waals surface area (Å²) >= 11 is 0. The van der Waals surface area contributed by atoms with Crippen molar-refractivity contribution in [3.05, 3.63) is 70.3 Å². The van der Waals surface area contributed by atoms with Gasteiger partial charge in [0.05, 0.1) is 16.4 Å². The van der Waals surface area contributed by atoms with Crippen LogP contribution < -0.4 is 0 Å². The van der Waals surface area contributed by atoms with Crippen LogP contribution in [0.1, 0.15) is 10.4 Å². The highest BCUT2D eigenvalue weighted by atomic mass is 32.2. The van der Waals surface area contributed by atoms with Crippen molar-refractivity contribution in [1.82, 2.24) is 9.21 Å². The predicted molar refractivity (Wildman–Crippen MR) is 99.1 cm³/mol. The number of nitro benzene ring substituents is 1. The quantitative estimate of drug-likeness (QED) is 0.424. The first-order chi connectivity index (χ1) is 12.9. The third-order valence-corrected chi connectivity index (χ3v) is 6.36. The summed E-state index contributed by atoms with van der Waals surface area (Å²) in [4.78, 5) is 24.4. The second-order valence-electron chi connectivity index (χ2n) is 6.22. The van der Waals surface area contributed by atoms with Crippen LogP contribution in [-0.2, 0) is 10.0 Å². The Morgan fingerprint density at radius 3 is 2.30 bits per heavy atom. The third kappa shape index (κ3) is 4.38. The molecule has 0 amide bonds. The van der Waals surface area contributed by atoms with Crippen molar-refractivity contribution in [2.45, 2.75) is 4.90 Å². The van der Waals surface area contributed by atoms with Crippen LogP contribution in [0.2, 0.25) is 0 Å². The van der Waals surface area contributed by atoms with Crippen LogP contribution in [0.4, 0.5) is 5.69 Å². The van der Waals surface area contributed by atoms with E-state index in [0.717, 1.165) is 6.07 Å². The van der Waals surface area contributed by atoms with Crippen LogP contribution >= 0.6 is 0 Å². The minimum atomic E-state index is -3.80. The maximum absolute atomic E-state index is 12.7. The minimum Gasteiger partial charge on any atom is -0.293 e. The highest BCUT2D eigenvalue weighted by Crippen LogP contribution is 2.22. The Hall–Kier alpha value is -2.62. The molecule has 9 heteroatoms. The summed E-state index contributed by atoms with van der Waals surface area (Å²) in [5.74, 6) is -0.00871. The molecule has 0 aromatic heterocycles. The predicted octanol–water partition coefficient (Wildman–Crippen LogP) is 1.78. The lowest BCUT2D eigenvalue weighted by Crippen LogP contribution is -2.49. The monoisotopic (exact) mass is 389 g/mol. The van der Waals surface area contributed by atoms with Crippen LogP contribution in [0.5, 0.6) is 0 Å². The number of hydrogen-bond donors (Lipinski definition) is 0. The van der Waals surface area contributed by atoms with Gasteiger partial charge in [-0.3, -0.25) is 19.8 Å². The molecule has 2 aromatic rings. The van der Waals surface area contributed by atoms with E-state index in [-0.39, 0.29) is 36.0 Å². The molecule has 1 heterocycles. The molecule has 0 aliphatic carbocycles. The van der Waals surface area contributed by atoms with Crippen LogP contribution in [0.25, 0.3) is 0 Å². The standard InChI is InChI=1S/C18H19N3O5S/c22-18(15-5-2-1-3-6-15)14-19-9-11-20(12-10-19)27(25,26)17-8-4-7-16(13-17)21(23)24/h1-8,13H,9-12,14H2.